The van der Waals surface area contributed by atoms with Crippen molar-refractivity contribution in [2.45, 2.75) is 40.4 Å². The maximum Gasteiger partial charge on any atom is 0.469 e. The van der Waals surface area contributed by atoms with Crippen LogP contribution >= 0.6 is 0 Å². The van der Waals surface area contributed by atoms with Gasteiger partial charge in [-0.25, -0.2) is 0 Å². The fourth-order valence-corrected chi connectivity index (χ4v) is 9.23. The van der Waals surface area contributed by atoms with Crippen molar-refractivity contribution in [2.24, 2.45) is 0 Å². The molecule has 14 heavy (non-hydrogen) atoms. The maximum absolute atomic E-state index is 5.83. The van der Waals surface area contributed by atoms with Gasteiger partial charge in [0.15, 0.2) is 0 Å². The first-order valence-corrected chi connectivity index (χ1v) is 11.6. The van der Waals surface area contributed by atoms with Crippen molar-refractivity contribution < 1.29 is 13.3 Å². The van der Waals surface area contributed by atoms with Gasteiger partial charge in [0.05, 0.1) is 0 Å². The third-order valence-electron chi connectivity index (χ3n) is 1.92. The van der Waals surface area contributed by atoms with Crippen LogP contribution in [0.25, 0.3) is 0 Å². The highest BCUT2D eigenvalue weighted by molar-refractivity contribution is 7.33. The molecule has 0 fully saturated rings. The van der Waals surface area contributed by atoms with Crippen LogP contribution in [0.1, 0.15) is 20.8 Å². The van der Waals surface area contributed by atoms with Gasteiger partial charge in [0.1, 0.15) is 7.59 Å². The minimum atomic E-state index is -2.36. The van der Waals surface area contributed by atoms with E-state index in [2.05, 4.69) is 19.6 Å². The highest BCUT2D eigenvalue weighted by atomic mass is 29.3. The molecule has 0 aromatic rings. The fourth-order valence-electron chi connectivity index (χ4n) is 1.34. The molecule has 0 saturated heterocycles. The Balaban J connectivity index is 4.73. The zero-order valence-corrected chi connectivity index (χ0v) is 12.3. The Morgan fingerprint density at radius 3 is 1.14 bits per heavy atom. The van der Waals surface area contributed by atoms with Crippen LogP contribution in [0, 0.1) is 0 Å². The average molecular weight is 236 g/mol. The second kappa shape index (κ2) is 6.02. The van der Waals surface area contributed by atoms with E-state index in [4.69, 9.17) is 13.3 Å². The van der Waals surface area contributed by atoms with Gasteiger partial charge >= 0.3 is 8.32 Å². The predicted octanol–water partition coefficient (Wildman–Crippen LogP) is 2.45. The molecule has 86 valence electrons. The molecule has 0 heterocycles. The van der Waals surface area contributed by atoms with Crippen molar-refractivity contribution in [2.75, 3.05) is 19.8 Å². The van der Waals surface area contributed by atoms with Gasteiger partial charge in [-0.05, 0) is 20.8 Å². The Morgan fingerprint density at radius 1 is 0.714 bits per heavy atom. The smallest absolute Gasteiger partial charge is 0.377 e. The molecule has 0 N–H and O–H groups in total. The lowest BCUT2D eigenvalue weighted by Crippen LogP contribution is -2.64. The van der Waals surface area contributed by atoms with Gasteiger partial charge in [-0.3, -0.25) is 0 Å². The van der Waals surface area contributed by atoms with Crippen LogP contribution in [0.2, 0.25) is 19.6 Å². The minimum Gasteiger partial charge on any atom is -0.377 e. The number of rotatable bonds is 7. The Morgan fingerprint density at radius 2 is 1.00 bits per heavy atom. The van der Waals surface area contributed by atoms with E-state index in [9.17, 15) is 0 Å². The first-order valence-electron chi connectivity index (χ1n) is 5.35. The quantitative estimate of drug-likeness (QED) is 0.636. The molecule has 0 atom stereocenters. The Bertz CT molecular complexity index is 140. The lowest BCUT2D eigenvalue weighted by atomic mass is 10.9. The van der Waals surface area contributed by atoms with Gasteiger partial charge in [-0.15, -0.1) is 0 Å². The molecule has 0 aliphatic carbocycles. The summed E-state index contributed by atoms with van der Waals surface area (Å²) >= 11 is 0. The van der Waals surface area contributed by atoms with Crippen molar-refractivity contribution in [1.82, 2.24) is 0 Å². The van der Waals surface area contributed by atoms with E-state index in [-0.39, 0.29) is 0 Å². The van der Waals surface area contributed by atoms with Crippen LogP contribution in [0.15, 0.2) is 0 Å². The van der Waals surface area contributed by atoms with E-state index in [1.807, 2.05) is 20.8 Å². The lowest BCUT2D eigenvalue weighted by Gasteiger charge is -2.37. The molecule has 0 aliphatic heterocycles. The summed E-state index contributed by atoms with van der Waals surface area (Å²) in [5, 5.41) is 0. The van der Waals surface area contributed by atoms with Crippen molar-refractivity contribution in [3.63, 3.8) is 0 Å². The molecule has 0 rings (SSSR count). The van der Waals surface area contributed by atoms with Gasteiger partial charge in [-0.2, -0.15) is 0 Å². The van der Waals surface area contributed by atoms with Crippen molar-refractivity contribution in [1.29, 1.82) is 0 Å². The fraction of sp³-hybridized carbons (Fsp3) is 1.00. The van der Waals surface area contributed by atoms with E-state index in [0.717, 1.165) is 0 Å². The Kier molecular flexibility index (Phi) is 6.15. The van der Waals surface area contributed by atoms with Crippen LogP contribution in [0.3, 0.4) is 0 Å². The first-order chi connectivity index (χ1) is 6.43. The van der Waals surface area contributed by atoms with Crippen LogP contribution in [0.4, 0.5) is 0 Å². The number of hydrogen-bond donors (Lipinski definition) is 0. The van der Waals surface area contributed by atoms with Crippen LogP contribution in [-0.2, 0) is 13.3 Å². The van der Waals surface area contributed by atoms with Crippen LogP contribution < -0.4 is 0 Å². The standard InChI is InChI=1S/C9H24O3Si2/c1-7-10-14(11-8-2,12-9-3)13(4,5)6/h7-9H2,1-6H3. The van der Waals surface area contributed by atoms with Gasteiger partial charge in [0.2, 0.25) is 0 Å². The topological polar surface area (TPSA) is 27.7 Å². The maximum atomic E-state index is 5.83. The second-order valence-electron chi connectivity index (χ2n) is 4.11. The molecule has 0 aromatic heterocycles. The SMILES string of the molecule is CCO[Si](OCC)(OCC)[Si](C)(C)C. The zero-order valence-electron chi connectivity index (χ0n) is 10.3. The molecule has 0 amide bonds. The normalized spacial score (nSPS) is 13.3. The monoisotopic (exact) mass is 236 g/mol. The minimum absolute atomic E-state index is 0.677. The summed E-state index contributed by atoms with van der Waals surface area (Å²) in [5.41, 5.74) is 0. The summed E-state index contributed by atoms with van der Waals surface area (Å²) in [6.07, 6.45) is 0. The highest BCUT2D eigenvalue weighted by Crippen LogP contribution is 2.23. The van der Waals surface area contributed by atoms with Gasteiger partial charge in [0, 0.05) is 19.8 Å². The van der Waals surface area contributed by atoms with Gasteiger partial charge in [-0.1, -0.05) is 19.6 Å². The molecular formula is C9H24O3Si2. The van der Waals surface area contributed by atoms with Crippen molar-refractivity contribution in [3.05, 3.63) is 0 Å². The van der Waals surface area contributed by atoms with Crippen molar-refractivity contribution in [3.8, 4) is 0 Å². The second-order valence-corrected chi connectivity index (χ2v) is 16.9. The molecule has 0 unspecified atom stereocenters. The Labute approximate surface area is 89.9 Å². The number of hydrogen-bond acceptors (Lipinski definition) is 3. The Hall–Kier alpha value is 0.314. The molecule has 0 aliphatic rings. The van der Waals surface area contributed by atoms with Gasteiger partial charge in [0.25, 0.3) is 0 Å². The zero-order chi connectivity index (χ0) is 11.2. The largest absolute Gasteiger partial charge is 0.469 e. The third kappa shape index (κ3) is 3.47. The summed E-state index contributed by atoms with van der Waals surface area (Å²) in [5.74, 6) is 0. The molecule has 0 bridgehead atoms. The van der Waals surface area contributed by atoms with E-state index in [1.165, 1.54) is 0 Å². The molecule has 3 nitrogen and oxygen atoms in total. The lowest BCUT2D eigenvalue weighted by molar-refractivity contribution is 0.0906. The molecule has 0 radical (unpaired) electrons. The summed E-state index contributed by atoms with van der Waals surface area (Å²) in [6, 6.07) is 0. The van der Waals surface area contributed by atoms with Crippen LogP contribution in [-0.4, -0.2) is 35.7 Å². The molecule has 5 heteroatoms. The van der Waals surface area contributed by atoms with E-state index >= 15 is 0 Å². The van der Waals surface area contributed by atoms with E-state index in [0.29, 0.717) is 19.8 Å². The molecule has 0 aromatic carbocycles. The van der Waals surface area contributed by atoms with Gasteiger partial charge < -0.3 is 13.3 Å². The van der Waals surface area contributed by atoms with Crippen LogP contribution in [0.5, 0.6) is 0 Å². The first kappa shape index (κ1) is 14.3. The third-order valence-corrected chi connectivity index (χ3v) is 12.6. The predicted molar refractivity (Wildman–Crippen MR) is 64.0 cm³/mol. The van der Waals surface area contributed by atoms with Crippen molar-refractivity contribution >= 4 is 15.9 Å². The molecular weight excluding hydrogens is 212 g/mol. The van der Waals surface area contributed by atoms with E-state index < -0.39 is 15.9 Å². The van der Waals surface area contributed by atoms with E-state index in [1.54, 1.807) is 0 Å². The summed E-state index contributed by atoms with van der Waals surface area (Å²) < 4.78 is 17.5. The summed E-state index contributed by atoms with van der Waals surface area (Å²) in [6.45, 7) is 14.8. The average Bonchev–Trinajstić information content (AvgIpc) is 2.03. The summed E-state index contributed by atoms with van der Waals surface area (Å²) in [7, 11) is -3.89. The highest BCUT2D eigenvalue weighted by Gasteiger charge is 2.53. The molecule has 0 saturated carbocycles. The molecule has 0 spiro atoms. The summed E-state index contributed by atoms with van der Waals surface area (Å²) in [4.78, 5) is 0.